The number of nitrogens with one attached hydrogen (secondary N) is 1. The molecule has 2 aliphatic heterocycles. The average molecular weight is 303 g/mol. The van der Waals surface area contributed by atoms with E-state index in [4.69, 9.17) is 0 Å². The molecule has 1 aromatic rings. The molecule has 0 aromatic carbocycles. The summed E-state index contributed by atoms with van der Waals surface area (Å²) in [5, 5.41) is 3.26. The van der Waals surface area contributed by atoms with Gasteiger partial charge in [0.05, 0.1) is 5.69 Å². The molecule has 2 saturated heterocycles. The first kappa shape index (κ1) is 14.2. The van der Waals surface area contributed by atoms with Gasteiger partial charge in [0.1, 0.15) is 5.69 Å². The molecule has 3 heterocycles. The van der Waals surface area contributed by atoms with Gasteiger partial charge in [-0.3, -0.25) is 0 Å². The number of pyridine rings is 1. The number of halogens is 3. The standard InChI is InChI=1S/C13H16F3N3S/c1-8-3-10(13(14,15)16)18-9(2)11(8)20-19-6-12(7-19)4-17-5-12/h3,17H,4-7H2,1-2H3. The minimum absolute atomic E-state index is 0.411. The summed E-state index contributed by atoms with van der Waals surface area (Å²) in [7, 11) is 0. The molecule has 0 atom stereocenters. The number of alkyl halides is 3. The number of aryl methyl sites for hydroxylation is 2. The van der Waals surface area contributed by atoms with Crippen molar-refractivity contribution in [3.8, 4) is 0 Å². The van der Waals surface area contributed by atoms with Crippen LogP contribution in [0.4, 0.5) is 13.2 Å². The molecule has 7 heteroatoms. The first-order valence-corrected chi connectivity index (χ1v) is 7.26. The topological polar surface area (TPSA) is 28.2 Å². The molecule has 110 valence electrons. The van der Waals surface area contributed by atoms with Crippen molar-refractivity contribution in [2.24, 2.45) is 5.41 Å². The van der Waals surface area contributed by atoms with Gasteiger partial charge in [0.15, 0.2) is 0 Å². The van der Waals surface area contributed by atoms with Crippen LogP contribution in [-0.4, -0.2) is 35.5 Å². The second-order valence-corrected chi connectivity index (χ2v) is 6.84. The summed E-state index contributed by atoms with van der Waals surface area (Å²) < 4.78 is 40.3. The molecule has 0 radical (unpaired) electrons. The monoisotopic (exact) mass is 303 g/mol. The van der Waals surface area contributed by atoms with Gasteiger partial charge in [-0.1, -0.05) is 0 Å². The maximum absolute atomic E-state index is 12.7. The van der Waals surface area contributed by atoms with E-state index in [-0.39, 0.29) is 0 Å². The second-order valence-electron chi connectivity index (χ2n) is 5.73. The number of hydrogen-bond donors (Lipinski definition) is 1. The molecule has 0 unspecified atom stereocenters. The minimum atomic E-state index is -4.38. The summed E-state index contributed by atoms with van der Waals surface area (Å²) >= 11 is 1.53. The van der Waals surface area contributed by atoms with Gasteiger partial charge >= 0.3 is 6.18 Å². The third kappa shape index (κ3) is 2.42. The predicted octanol–water partition coefficient (Wildman–Crippen LogP) is 2.63. The van der Waals surface area contributed by atoms with Crippen molar-refractivity contribution in [3.05, 3.63) is 23.0 Å². The first-order chi connectivity index (χ1) is 9.29. The van der Waals surface area contributed by atoms with Gasteiger partial charge in [0.25, 0.3) is 0 Å². The Morgan fingerprint density at radius 1 is 1.30 bits per heavy atom. The Morgan fingerprint density at radius 2 is 1.95 bits per heavy atom. The lowest BCUT2D eigenvalue weighted by Gasteiger charge is -2.55. The fourth-order valence-electron chi connectivity index (χ4n) is 2.70. The minimum Gasteiger partial charge on any atom is -0.315 e. The Kier molecular flexibility index (Phi) is 3.26. The number of rotatable bonds is 2. The van der Waals surface area contributed by atoms with Crippen LogP contribution >= 0.6 is 11.9 Å². The Hall–Kier alpha value is -0.790. The highest BCUT2D eigenvalue weighted by molar-refractivity contribution is 7.97. The van der Waals surface area contributed by atoms with Crippen LogP contribution in [0.1, 0.15) is 17.0 Å². The van der Waals surface area contributed by atoms with Crippen LogP contribution in [0.3, 0.4) is 0 Å². The molecule has 0 amide bonds. The van der Waals surface area contributed by atoms with E-state index in [1.54, 1.807) is 13.8 Å². The second kappa shape index (κ2) is 4.61. The highest BCUT2D eigenvalue weighted by Gasteiger charge is 2.48. The Morgan fingerprint density at radius 3 is 2.40 bits per heavy atom. The summed E-state index contributed by atoms with van der Waals surface area (Å²) in [6.45, 7) is 7.44. The van der Waals surface area contributed by atoms with Crippen molar-refractivity contribution in [2.45, 2.75) is 24.9 Å². The van der Waals surface area contributed by atoms with E-state index in [0.717, 1.165) is 37.1 Å². The van der Waals surface area contributed by atoms with Crippen molar-refractivity contribution in [1.29, 1.82) is 0 Å². The largest absolute Gasteiger partial charge is 0.433 e. The molecular formula is C13H16F3N3S. The Balaban J connectivity index is 1.74. The zero-order valence-electron chi connectivity index (χ0n) is 11.3. The summed E-state index contributed by atoms with van der Waals surface area (Å²) in [5.74, 6) is 0. The zero-order valence-corrected chi connectivity index (χ0v) is 12.2. The van der Waals surface area contributed by atoms with Crippen molar-refractivity contribution < 1.29 is 13.2 Å². The summed E-state index contributed by atoms with van der Waals surface area (Å²) in [4.78, 5) is 4.55. The molecule has 3 rings (SSSR count). The summed E-state index contributed by atoms with van der Waals surface area (Å²) in [6, 6.07) is 1.13. The molecule has 0 saturated carbocycles. The molecule has 3 nitrogen and oxygen atoms in total. The highest BCUT2D eigenvalue weighted by atomic mass is 32.2. The van der Waals surface area contributed by atoms with E-state index in [2.05, 4.69) is 14.6 Å². The van der Waals surface area contributed by atoms with E-state index in [1.165, 1.54) is 11.9 Å². The van der Waals surface area contributed by atoms with Crippen LogP contribution in [0.5, 0.6) is 0 Å². The lowest BCUT2D eigenvalue weighted by atomic mass is 9.76. The number of hydrogen-bond acceptors (Lipinski definition) is 4. The quantitative estimate of drug-likeness (QED) is 0.850. The van der Waals surface area contributed by atoms with E-state index in [9.17, 15) is 13.2 Å². The van der Waals surface area contributed by atoms with Crippen molar-refractivity contribution in [3.63, 3.8) is 0 Å². The highest BCUT2D eigenvalue weighted by Crippen LogP contribution is 2.42. The first-order valence-electron chi connectivity index (χ1n) is 6.48. The molecule has 20 heavy (non-hydrogen) atoms. The zero-order chi connectivity index (χ0) is 14.5. The summed E-state index contributed by atoms with van der Waals surface area (Å²) in [6.07, 6.45) is -4.38. The maximum atomic E-state index is 12.7. The predicted molar refractivity (Wildman–Crippen MR) is 71.4 cm³/mol. The van der Waals surface area contributed by atoms with Crippen molar-refractivity contribution >= 4 is 11.9 Å². The SMILES string of the molecule is Cc1cc(C(F)(F)F)nc(C)c1SN1CC2(CNC2)C1. The van der Waals surface area contributed by atoms with E-state index in [0.29, 0.717) is 16.7 Å². The molecule has 2 aliphatic rings. The third-order valence-electron chi connectivity index (χ3n) is 3.86. The summed E-state index contributed by atoms with van der Waals surface area (Å²) in [5.41, 5.74) is 0.700. The van der Waals surface area contributed by atoms with Crippen LogP contribution < -0.4 is 5.32 Å². The molecule has 1 N–H and O–H groups in total. The van der Waals surface area contributed by atoms with Gasteiger partial charge in [-0.15, -0.1) is 0 Å². The van der Waals surface area contributed by atoms with Gasteiger partial charge in [-0.2, -0.15) is 13.2 Å². The van der Waals surface area contributed by atoms with Gasteiger partial charge < -0.3 is 5.32 Å². The van der Waals surface area contributed by atoms with Crippen molar-refractivity contribution in [2.75, 3.05) is 26.2 Å². The van der Waals surface area contributed by atoms with Gasteiger partial charge in [-0.25, -0.2) is 9.29 Å². The van der Waals surface area contributed by atoms with E-state index < -0.39 is 11.9 Å². The van der Waals surface area contributed by atoms with Crippen LogP contribution in [0.15, 0.2) is 11.0 Å². The molecule has 1 spiro atoms. The third-order valence-corrected chi connectivity index (χ3v) is 5.18. The molecule has 2 fully saturated rings. The van der Waals surface area contributed by atoms with Crippen LogP contribution in [0, 0.1) is 19.3 Å². The fraction of sp³-hybridized carbons (Fsp3) is 0.615. The molecule has 0 bridgehead atoms. The smallest absolute Gasteiger partial charge is 0.315 e. The lowest BCUT2D eigenvalue weighted by Crippen LogP contribution is -2.69. The number of nitrogens with zero attached hydrogens (tertiary/aromatic N) is 2. The van der Waals surface area contributed by atoms with Crippen LogP contribution in [-0.2, 0) is 6.18 Å². The fourth-order valence-corrected chi connectivity index (χ4v) is 4.02. The van der Waals surface area contributed by atoms with Gasteiger partial charge in [0, 0.05) is 36.5 Å². The van der Waals surface area contributed by atoms with E-state index in [1.807, 2.05) is 0 Å². The number of aromatic nitrogens is 1. The Labute approximate surface area is 120 Å². The molecule has 1 aromatic heterocycles. The molecular weight excluding hydrogens is 287 g/mol. The van der Waals surface area contributed by atoms with E-state index >= 15 is 0 Å². The van der Waals surface area contributed by atoms with Crippen LogP contribution in [0.2, 0.25) is 0 Å². The van der Waals surface area contributed by atoms with Crippen LogP contribution in [0.25, 0.3) is 0 Å². The lowest BCUT2D eigenvalue weighted by molar-refractivity contribution is -0.141. The molecule has 0 aliphatic carbocycles. The Bertz CT molecular complexity index is 509. The van der Waals surface area contributed by atoms with Crippen molar-refractivity contribution in [1.82, 2.24) is 14.6 Å². The normalized spacial score (nSPS) is 21.6. The average Bonchev–Trinajstić information content (AvgIpc) is 2.21. The van der Waals surface area contributed by atoms with Gasteiger partial charge in [0.2, 0.25) is 0 Å². The van der Waals surface area contributed by atoms with Gasteiger partial charge in [-0.05, 0) is 37.4 Å². The maximum Gasteiger partial charge on any atom is 0.433 e.